The van der Waals surface area contributed by atoms with E-state index in [1.165, 1.54) is 6.92 Å². The van der Waals surface area contributed by atoms with Gasteiger partial charge >= 0.3 is 0 Å². The summed E-state index contributed by atoms with van der Waals surface area (Å²) < 4.78 is 33.6. The Morgan fingerprint density at radius 3 is 2.69 bits per heavy atom. The fourth-order valence-corrected chi connectivity index (χ4v) is 5.01. The Balaban J connectivity index is 1.80. The molecule has 0 saturated carbocycles. The molecule has 0 aliphatic rings. The molecule has 2 aromatic heterocycles. The van der Waals surface area contributed by atoms with E-state index in [0.717, 1.165) is 28.2 Å². The molecule has 9 heteroatoms. The van der Waals surface area contributed by atoms with Crippen LogP contribution in [0.1, 0.15) is 35.7 Å². The molecule has 2 heterocycles. The van der Waals surface area contributed by atoms with Crippen molar-refractivity contribution < 1.29 is 17.7 Å². The van der Waals surface area contributed by atoms with Crippen LogP contribution in [0, 0.1) is 6.92 Å². The van der Waals surface area contributed by atoms with Gasteiger partial charge in [-0.2, -0.15) is 0 Å². The van der Waals surface area contributed by atoms with Crippen LogP contribution >= 0.6 is 11.3 Å². The Kier molecular flexibility index (Phi) is 6.19. The number of rotatable bonds is 7. The molecule has 0 bridgehead atoms. The van der Waals surface area contributed by atoms with Crippen LogP contribution < -0.4 is 10.0 Å². The van der Waals surface area contributed by atoms with Crippen LogP contribution in [0.15, 0.2) is 45.1 Å². The maximum absolute atomic E-state index is 12.7. The van der Waals surface area contributed by atoms with Gasteiger partial charge in [0.2, 0.25) is 5.91 Å². The maximum atomic E-state index is 12.7. The van der Waals surface area contributed by atoms with E-state index in [0.29, 0.717) is 22.8 Å². The highest BCUT2D eigenvalue weighted by molar-refractivity contribution is 7.94. The molecule has 3 aromatic rings. The quantitative estimate of drug-likeness (QED) is 0.572. The molecule has 0 atom stereocenters. The molecular weight excluding hydrogens is 410 g/mol. The van der Waals surface area contributed by atoms with Crippen molar-refractivity contribution in [3.63, 3.8) is 0 Å². The lowest BCUT2D eigenvalue weighted by molar-refractivity contribution is -0.114. The smallest absolute Gasteiger partial charge is 0.271 e. The first-order chi connectivity index (χ1) is 13.8. The average Bonchev–Trinajstić information content (AvgIpc) is 3.28. The molecule has 0 aliphatic carbocycles. The normalized spacial score (nSPS) is 11.7. The fourth-order valence-electron chi connectivity index (χ4n) is 2.68. The highest BCUT2D eigenvalue weighted by Gasteiger charge is 2.18. The number of carbonyl (C=O) groups excluding carboxylic acids is 1. The number of sulfonamides is 1. The summed E-state index contributed by atoms with van der Waals surface area (Å²) in [6.07, 6.45) is 4.09. The van der Waals surface area contributed by atoms with Crippen LogP contribution in [0.4, 0.5) is 11.4 Å². The Bertz CT molecular complexity index is 1160. The van der Waals surface area contributed by atoms with Gasteiger partial charge in [-0.1, -0.05) is 30.3 Å². The molecule has 29 heavy (non-hydrogen) atoms. The summed E-state index contributed by atoms with van der Waals surface area (Å²) in [4.78, 5) is 12.0. The minimum atomic E-state index is -3.69. The van der Waals surface area contributed by atoms with Crippen molar-refractivity contribution >= 4 is 50.8 Å². The van der Waals surface area contributed by atoms with Gasteiger partial charge in [0.05, 0.1) is 5.69 Å². The first kappa shape index (κ1) is 20.8. The molecule has 0 radical (unpaired) electrons. The second kappa shape index (κ2) is 8.62. The van der Waals surface area contributed by atoms with Gasteiger partial charge < -0.3 is 9.84 Å². The molecule has 3 rings (SSSR count). The zero-order valence-electron chi connectivity index (χ0n) is 16.2. The first-order valence-corrected chi connectivity index (χ1v) is 11.2. The Morgan fingerprint density at radius 2 is 1.97 bits per heavy atom. The van der Waals surface area contributed by atoms with Crippen molar-refractivity contribution in [3.05, 3.63) is 58.3 Å². The number of para-hydroxylation sites is 1. The Hall–Kier alpha value is -2.91. The maximum Gasteiger partial charge on any atom is 0.271 e. The van der Waals surface area contributed by atoms with Crippen LogP contribution in [0.2, 0.25) is 0 Å². The monoisotopic (exact) mass is 431 g/mol. The van der Waals surface area contributed by atoms with Crippen molar-refractivity contribution in [1.29, 1.82) is 0 Å². The number of anilines is 2. The number of thiophene rings is 1. The Labute approximate surface area is 173 Å². The number of aryl methyl sites for hydroxylation is 2. The van der Waals surface area contributed by atoms with Crippen LogP contribution in [-0.4, -0.2) is 19.5 Å². The van der Waals surface area contributed by atoms with E-state index < -0.39 is 10.0 Å². The van der Waals surface area contributed by atoms with Crippen LogP contribution in [0.25, 0.3) is 12.2 Å². The summed E-state index contributed by atoms with van der Waals surface area (Å²) in [6.45, 7) is 5.10. The van der Waals surface area contributed by atoms with Gasteiger partial charge in [-0.05, 0) is 49.3 Å². The summed E-state index contributed by atoms with van der Waals surface area (Å²) in [5, 5.41) is 6.52. The molecule has 0 aliphatic heterocycles. The van der Waals surface area contributed by atoms with Crippen LogP contribution in [-0.2, 0) is 21.2 Å². The summed E-state index contributed by atoms with van der Waals surface area (Å²) >= 11 is 1.13. The second-order valence-corrected chi connectivity index (χ2v) is 9.32. The van der Waals surface area contributed by atoms with E-state index in [9.17, 15) is 13.2 Å². The largest absolute Gasteiger partial charge is 0.354 e. The SMILES string of the molecule is CCc1ccccc1NS(=O)(=O)c1ccc(C=Cc2onc(C)c2NC(C)=O)s1. The van der Waals surface area contributed by atoms with Gasteiger partial charge in [0.1, 0.15) is 15.6 Å². The van der Waals surface area contributed by atoms with E-state index in [2.05, 4.69) is 15.2 Å². The number of hydrogen-bond donors (Lipinski definition) is 2. The predicted molar refractivity (Wildman–Crippen MR) is 115 cm³/mol. The zero-order valence-corrected chi connectivity index (χ0v) is 17.9. The highest BCUT2D eigenvalue weighted by atomic mass is 32.2. The summed E-state index contributed by atoms with van der Waals surface area (Å²) in [5.41, 5.74) is 2.57. The third-order valence-electron chi connectivity index (χ3n) is 4.10. The molecule has 152 valence electrons. The number of hydrogen-bond acceptors (Lipinski definition) is 6. The predicted octanol–water partition coefficient (Wildman–Crippen LogP) is 4.54. The summed E-state index contributed by atoms with van der Waals surface area (Å²) in [7, 11) is -3.69. The summed E-state index contributed by atoms with van der Waals surface area (Å²) in [6, 6.07) is 10.6. The lowest BCUT2D eigenvalue weighted by atomic mass is 10.1. The highest BCUT2D eigenvalue weighted by Crippen LogP contribution is 2.28. The van der Waals surface area contributed by atoms with Gasteiger partial charge in [0, 0.05) is 11.8 Å². The Morgan fingerprint density at radius 1 is 1.21 bits per heavy atom. The minimum Gasteiger partial charge on any atom is -0.354 e. The van der Waals surface area contributed by atoms with Gasteiger partial charge in [-0.3, -0.25) is 9.52 Å². The third kappa shape index (κ3) is 4.93. The molecule has 0 fully saturated rings. The topological polar surface area (TPSA) is 101 Å². The van der Waals surface area contributed by atoms with Gasteiger partial charge in [0.25, 0.3) is 10.0 Å². The van der Waals surface area contributed by atoms with Gasteiger partial charge in [-0.25, -0.2) is 8.42 Å². The second-order valence-electron chi connectivity index (χ2n) is 6.29. The van der Waals surface area contributed by atoms with Gasteiger partial charge in [0.15, 0.2) is 5.76 Å². The van der Waals surface area contributed by atoms with E-state index in [1.54, 1.807) is 43.3 Å². The molecule has 2 N–H and O–H groups in total. The minimum absolute atomic E-state index is 0.207. The van der Waals surface area contributed by atoms with E-state index >= 15 is 0 Å². The number of amides is 1. The van der Waals surface area contributed by atoms with Crippen LogP contribution in [0.3, 0.4) is 0 Å². The standard InChI is InChI=1S/C20H21N3O4S2/c1-4-15-7-5-6-8-17(15)23-29(25,26)19-12-10-16(28-19)9-11-18-20(21-14(3)24)13(2)22-27-18/h5-12,23H,4H2,1-3H3,(H,21,24). The molecule has 0 saturated heterocycles. The lowest BCUT2D eigenvalue weighted by Gasteiger charge is -2.10. The van der Waals surface area contributed by atoms with E-state index in [-0.39, 0.29) is 10.1 Å². The van der Waals surface area contributed by atoms with E-state index in [4.69, 9.17) is 4.52 Å². The number of aromatic nitrogens is 1. The molecule has 1 aromatic carbocycles. The van der Waals surface area contributed by atoms with E-state index in [1.807, 2.05) is 19.1 Å². The zero-order chi connectivity index (χ0) is 21.0. The molecule has 1 amide bonds. The molecule has 7 nitrogen and oxygen atoms in total. The first-order valence-electron chi connectivity index (χ1n) is 8.92. The average molecular weight is 432 g/mol. The molecule has 0 unspecified atom stereocenters. The number of benzene rings is 1. The van der Waals surface area contributed by atoms with Crippen LogP contribution in [0.5, 0.6) is 0 Å². The fraction of sp³-hybridized carbons (Fsp3) is 0.200. The van der Waals surface area contributed by atoms with Gasteiger partial charge in [-0.15, -0.1) is 11.3 Å². The number of carbonyl (C=O) groups is 1. The third-order valence-corrected chi connectivity index (χ3v) is 7.01. The number of nitrogens with one attached hydrogen (secondary N) is 2. The molecule has 0 spiro atoms. The van der Waals surface area contributed by atoms with Crippen molar-refractivity contribution in [2.45, 2.75) is 31.4 Å². The van der Waals surface area contributed by atoms with Crippen molar-refractivity contribution in [2.24, 2.45) is 0 Å². The van der Waals surface area contributed by atoms with Crippen molar-refractivity contribution in [1.82, 2.24) is 5.16 Å². The van der Waals surface area contributed by atoms with Crippen molar-refractivity contribution in [2.75, 3.05) is 10.0 Å². The lowest BCUT2D eigenvalue weighted by Crippen LogP contribution is -2.12. The molecular formula is C20H21N3O4S2. The van der Waals surface area contributed by atoms with Crippen molar-refractivity contribution in [3.8, 4) is 0 Å². The number of nitrogens with zero attached hydrogens (tertiary/aromatic N) is 1. The summed E-state index contributed by atoms with van der Waals surface area (Å²) in [5.74, 6) is 0.166.